The minimum absolute atomic E-state index is 0.229. The van der Waals surface area contributed by atoms with E-state index in [2.05, 4.69) is 37.9 Å². The molecular formula is C13H22Cl2N2S. The first kappa shape index (κ1) is 16.3. The van der Waals surface area contributed by atoms with Crippen molar-refractivity contribution in [2.24, 2.45) is 0 Å². The second kappa shape index (κ2) is 7.71. The summed E-state index contributed by atoms with van der Waals surface area (Å²) in [6.07, 6.45) is 0. The Morgan fingerprint density at radius 1 is 1.28 bits per heavy atom. The van der Waals surface area contributed by atoms with Gasteiger partial charge in [-0.15, -0.1) is 11.3 Å². The minimum atomic E-state index is 0.229. The molecule has 0 aliphatic heterocycles. The third kappa shape index (κ3) is 4.71. The molecule has 1 heterocycles. The molecule has 0 fully saturated rings. The molecule has 2 atom stereocenters. The summed E-state index contributed by atoms with van der Waals surface area (Å²) in [5.41, 5.74) is 1.10. The Labute approximate surface area is 124 Å². The Morgan fingerprint density at radius 2 is 1.89 bits per heavy atom. The number of nitrogens with zero attached hydrogens (tertiary/aromatic N) is 1. The van der Waals surface area contributed by atoms with E-state index < -0.39 is 0 Å². The van der Waals surface area contributed by atoms with Crippen LogP contribution >= 0.6 is 34.5 Å². The van der Waals surface area contributed by atoms with Crippen LogP contribution in [0.3, 0.4) is 0 Å². The van der Waals surface area contributed by atoms with E-state index in [1.165, 1.54) is 11.3 Å². The first-order chi connectivity index (χ1) is 8.47. The van der Waals surface area contributed by atoms with Gasteiger partial charge in [0, 0.05) is 18.6 Å². The highest BCUT2D eigenvalue weighted by Crippen LogP contribution is 2.34. The molecule has 2 nitrogen and oxygen atoms in total. The quantitative estimate of drug-likeness (QED) is 0.801. The summed E-state index contributed by atoms with van der Waals surface area (Å²) >= 11 is 13.6. The number of rotatable bonds is 7. The van der Waals surface area contributed by atoms with Crippen molar-refractivity contribution < 1.29 is 0 Å². The van der Waals surface area contributed by atoms with E-state index in [1.807, 2.05) is 6.07 Å². The van der Waals surface area contributed by atoms with Gasteiger partial charge in [-0.1, -0.05) is 37.0 Å². The fourth-order valence-corrected chi connectivity index (χ4v) is 3.73. The molecule has 0 spiro atoms. The van der Waals surface area contributed by atoms with Crippen LogP contribution < -0.4 is 5.32 Å². The highest BCUT2D eigenvalue weighted by atomic mass is 35.5. The average Bonchev–Trinajstić information content (AvgIpc) is 2.65. The second-order valence-corrected chi connectivity index (χ2v) is 6.84. The number of hydrogen-bond acceptors (Lipinski definition) is 3. The first-order valence-electron chi connectivity index (χ1n) is 6.41. The summed E-state index contributed by atoms with van der Waals surface area (Å²) in [6, 6.07) is 2.61. The van der Waals surface area contributed by atoms with E-state index in [0.29, 0.717) is 6.04 Å². The fourth-order valence-electron chi connectivity index (χ4n) is 2.09. The van der Waals surface area contributed by atoms with Gasteiger partial charge in [-0.05, 0) is 38.6 Å². The van der Waals surface area contributed by atoms with Crippen molar-refractivity contribution in [1.82, 2.24) is 10.2 Å². The third-order valence-electron chi connectivity index (χ3n) is 3.11. The molecule has 0 amide bonds. The van der Waals surface area contributed by atoms with Crippen LogP contribution in [0, 0.1) is 0 Å². The van der Waals surface area contributed by atoms with Gasteiger partial charge < -0.3 is 10.2 Å². The number of hydrogen-bond donors (Lipinski definition) is 1. The average molecular weight is 309 g/mol. The van der Waals surface area contributed by atoms with Crippen molar-refractivity contribution in [3.05, 3.63) is 20.3 Å². The van der Waals surface area contributed by atoms with Crippen LogP contribution in [0.15, 0.2) is 6.07 Å². The maximum Gasteiger partial charge on any atom is 0.0991 e. The molecule has 104 valence electrons. The second-order valence-electron chi connectivity index (χ2n) is 4.55. The van der Waals surface area contributed by atoms with E-state index in [9.17, 15) is 0 Å². The van der Waals surface area contributed by atoms with Crippen LogP contribution in [-0.4, -0.2) is 30.6 Å². The van der Waals surface area contributed by atoms with Crippen LogP contribution in [0.2, 0.25) is 8.67 Å². The molecule has 1 aromatic heterocycles. The summed E-state index contributed by atoms with van der Waals surface area (Å²) in [5, 5.41) is 3.57. The molecule has 1 rings (SSSR count). The lowest BCUT2D eigenvalue weighted by Crippen LogP contribution is -2.40. The lowest BCUT2D eigenvalue weighted by Gasteiger charge is -2.26. The highest BCUT2D eigenvalue weighted by Gasteiger charge is 2.16. The number of thiophene rings is 1. The molecule has 5 heteroatoms. The molecule has 0 aromatic carbocycles. The molecule has 0 saturated heterocycles. The van der Waals surface area contributed by atoms with E-state index >= 15 is 0 Å². The zero-order valence-corrected chi connectivity index (χ0v) is 13.8. The van der Waals surface area contributed by atoms with Crippen LogP contribution in [0.25, 0.3) is 0 Å². The Hall–Kier alpha value is 0.200. The molecule has 0 bridgehead atoms. The van der Waals surface area contributed by atoms with Gasteiger partial charge >= 0.3 is 0 Å². The standard InChI is InChI=1S/C13H22Cl2N2S/c1-5-17(6-2)8-9(3)16-10(4)11-7-12(14)18-13(11)15/h7,9-10,16H,5-6,8H2,1-4H3. The number of nitrogens with one attached hydrogen (secondary N) is 1. The van der Waals surface area contributed by atoms with Crippen LogP contribution in [-0.2, 0) is 0 Å². The van der Waals surface area contributed by atoms with Crippen molar-refractivity contribution in [1.29, 1.82) is 0 Å². The van der Waals surface area contributed by atoms with Gasteiger partial charge in [-0.3, -0.25) is 0 Å². The number of likely N-dealkylation sites (N-methyl/N-ethyl adjacent to an activating group) is 1. The normalized spacial score (nSPS) is 15.1. The topological polar surface area (TPSA) is 15.3 Å². The molecule has 0 saturated carbocycles. The van der Waals surface area contributed by atoms with Crippen LogP contribution in [0.1, 0.15) is 39.3 Å². The predicted octanol–water partition coefficient (Wildman–Crippen LogP) is 4.44. The summed E-state index contributed by atoms with van der Waals surface area (Å²) < 4.78 is 1.54. The fraction of sp³-hybridized carbons (Fsp3) is 0.692. The van der Waals surface area contributed by atoms with Crippen LogP contribution in [0.4, 0.5) is 0 Å². The smallest absolute Gasteiger partial charge is 0.0991 e. The molecule has 0 radical (unpaired) electrons. The molecule has 2 unspecified atom stereocenters. The highest BCUT2D eigenvalue weighted by molar-refractivity contribution is 7.20. The van der Waals surface area contributed by atoms with Gasteiger partial charge in [0.05, 0.1) is 8.67 Å². The van der Waals surface area contributed by atoms with E-state index in [4.69, 9.17) is 23.2 Å². The van der Waals surface area contributed by atoms with Gasteiger partial charge in [0.15, 0.2) is 0 Å². The maximum absolute atomic E-state index is 6.17. The lowest BCUT2D eigenvalue weighted by atomic mass is 10.1. The summed E-state index contributed by atoms with van der Waals surface area (Å²) in [6.45, 7) is 11.9. The largest absolute Gasteiger partial charge is 0.306 e. The van der Waals surface area contributed by atoms with E-state index in [-0.39, 0.29) is 6.04 Å². The Balaban J connectivity index is 2.54. The van der Waals surface area contributed by atoms with Crippen molar-refractivity contribution in [3.63, 3.8) is 0 Å². The summed E-state index contributed by atoms with van der Waals surface area (Å²) in [4.78, 5) is 2.41. The van der Waals surface area contributed by atoms with Gasteiger partial charge in [-0.2, -0.15) is 0 Å². The van der Waals surface area contributed by atoms with Gasteiger partial charge in [0.1, 0.15) is 0 Å². The zero-order valence-electron chi connectivity index (χ0n) is 11.5. The van der Waals surface area contributed by atoms with Crippen molar-refractivity contribution >= 4 is 34.5 Å². The van der Waals surface area contributed by atoms with Crippen molar-refractivity contribution in [3.8, 4) is 0 Å². The molecule has 18 heavy (non-hydrogen) atoms. The molecule has 0 aliphatic carbocycles. The minimum Gasteiger partial charge on any atom is -0.306 e. The maximum atomic E-state index is 6.17. The van der Waals surface area contributed by atoms with Crippen molar-refractivity contribution in [2.45, 2.75) is 39.8 Å². The van der Waals surface area contributed by atoms with E-state index in [1.54, 1.807) is 0 Å². The first-order valence-corrected chi connectivity index (χ1v) is 7.98. The van der Waals surface area contributed by atoms with Gasteiger partial charge in [0.25, 0.3) is 0 Å². The third-order valence-corrected chi connectivity index (χ3v) is 4.63. The Kier molecular flexibility index (Phi) is 6.96. The van der Waals surface area contributed by atoms with Crippen LogP contribution in [0.5, 0.6) is 0 Å². The molecule has 1 N–H and O–H groups in total. The Bertz CT molecular complexity index is 364. The summed E-state index contributed by atoms with van der Waals surface area (Å²) in [7, 11) is 0. The molecular weight excluding hydrogens is 287 g/mol. The summed E-state index contributed by atoms with van der Waals surface area (Å²) in [5.74, 6) is 0. The van der Waals surface area contributed by atoms with Gasteiger partial charge in [-0.25, -0.2) is 0 Å². The SMILES string of the molecule is CCN(CC)CC(C)NC(C)c1cc(Cl)sc1Cl. The Morgan fingerprint density at radius 3 is 2.33 bits per heavy atom. The zero-order chi connectivity index (χ0) is 13.7. The van der Waals surface area contributed by atoms with Gasteiger partial charge in [0.2, 0.25) is 0 Å². The molecule has 0 aliphatic rings. The number of halogens is 2. The predicted molar refractivity (Wildman–Crippen MR) is 83.1 cm³/mol. The van der Waals surface area contributed by atoms with Crippen molar-refractivity contribution in [2.75, 3.05) is 19.6 Å². The lowest BCUT2D eigenvalue weighted by molar-refractivity contribution is 0.264. The molecule has 1 aromatic rings. The van der Waals surface area contributed by atoms with E-state index in [0.717, 1.165) is 33.9 Å². The monoisotopic (exact) mass is 308 g/mol.